The second-order valence-corrected chi connectivity index (χ2v) is 7.93. The molecule has 0 radical (unpaired) electrons. The summed E-state index contributed by atoms with van der Waals surface area (Å²) in [6.45, 7) is 2.98. The van der Waals surface area contributed by atoms with Gasteiger partial charge in [0, 0.05) is 24.8 Å². The predicted octanol–water partition coefficient (Wildman–Crippen LogP) is 3.72. The van der Waals surface area contributed by atoms with Crippen LogP contribution in [0.5, 0.6) is 0 Å². The second kappa shape index (κ2) is 7.26. The molecule has 0 spiro atoms. The van der Waals surface area contributed by atoms with Crippen LogP contribution in [0.1, 0.15) is 18.4 Å². The van der Waals surface area contributed by atoms with E-state index >= 15 is 0 Å². The molecule has 0 atom stereocenters. The molecule has 1 saturated carbocycles. The first-order chi connectivity index (χ1) is 13.8. The van der Waals surface area contributed by atoms with Crippen LogP contribution in [0.2, 0.25) is 0 Å². The Hall–Kier alpha value is -2.89. The number of benzene rings is 1. The zero-order valence-electron chi connectivity index (χ0n) is 15.3. The third-order valence-electron chi connectivity index (χ3n) is 4.95. The summed E-state index contributed by atoms with van der Waals surface area (Å²) < 4.78 is 6.49. The van der Waals surface area contributed by atoms with Gasteiger partial charge in [-0.05, 0) is 42.5 Å². The van der Waals surface area contributed by atoms with E-state index in [-0.39, 0.29) is 0 Å². The zero-order chi connectivity index (χ0) is 18.9. The van der Waals surface area contributed by atoms with E-state index in [2.05, 4.69) is 31.6 Å². The number of fused-ring (bicyclic) bond motifs is 1. The van der Waals surface area contributed by atoms with E-state index in [9.17, 15) is 5.26 Å². The first-order valence-electron chi connectivity index (χ1n) is 9.46. The molecule has 1 aromatic carbocycles. The van der Waals surface area contributed by atoms with Gasteiger partial charge in [0.25, 0.3) is 0 Å². The van der Waals surface area contributed by atoms with Crippen molar-refractivity contribution in [2.75, 3.05) is 41.8 Å². The van der Waals surface area contributed by atoms with Gasteiger partial charge in [-0.3, -0.25) is 0 Å². The third kappa shape index (κ3) is 3.46. The fraction of sp³-hybridized carbons (Fsp3) is 0.350. The first kappa shape index (κ1) is 17.2. The van der Waals surface area contributed by atoms with Crippen molar-refractivity contribution >= 4 is 44.7 Å². The largest absolute Gasteiger partial charge is 0.378 e. The minimum absolute atomic E-state index is 0.519. The number of morpholine rings is 1. The van der Waals surface area contributed by atoms with Gasteiger partial charge in [0.1, 0.15) is 11.9 Å². The van der Waals surface area contributed by atoms with E-state index in [1.165, 1.54) is 12.8 Å². The molecule has 2 aromatic heterocycles. The van der Waals surface area contributed by atoms with Gasteiger partial charge in [0.15, 0.2) is 0 Å². The minimum atomic E-state index is 0.519. The zero-order valence-corrected chi connectivity index (χ0v) is 16.1. The maximum atomic E-state index is 9.63. The Bertz CT molecular complexity index is 1050. The van der Waals surface area contributed by atoms with Gasteiger partial charge in [0.05, 0.1) is 34.7 Å². The predicted molar refractivity (Wildman–Crippen MR) is 112 cm³/mol. The van der Waals surface area contributed by atoms with Crippen molar-refractivity contribution in [3.8, 4) is 6.07 Å². The lowest BCUT2D eigenvalue weighted by molar-refractivity contribution is 0.122. The van der Waals surface area contributed by atoms with Gasteiger partial charge in [-0.1, -0.05) is 0 Å². The number of hydrogen-bond acceptors (Lipinski definition) is 8. The lowest BCUT2D eigenvalue weighted by atomic mass is 10.1. The molecule has 142 valence electrons. The number of anilines is 4. The molecule has 1 aliphatic heterocycles. The van der Waals surface area contributed by atoms with Crippen LogP contribution < -0.4 is 15.5 Å². The molecule has 1 saturated heterocycles. The van der Waals surface area contributed by atoms with Crippen LogP contribution in [0.25, 0.3) is 10.2 Å². The number of rotatable bonds is 5. The van der Waals surface area contributed by atoms with Crippen molar-refractivity contribution < 1.29 is 4.74 Å². The van der Waals surface area contributed by atoms with Gasteiger partial charge in [-0.25, -0.2) is 4.98 Å². The molecule has 2 fully saturated rings. The van der Waals surface area contributed by atoms with Crippen LogP contribution in [0, 0.1) is 11.3 Å². The van der Waals surface area contributed by atoms with Crippen LogP contribution in [0.3, 0.4) is 0 Å². The molecule has 2 N–H and O–H groups in total. The van der Waals surface area contributed by atoms with Crippen molar-refractivity contribution in [2.45, 2.75) is 18.9 Å². The van der Waals surface area contributed by atoms with Crippen molar-refractivity contribution in [1.29, 1.82) is 5.26 Å². The Labute approximate surface area is 167 Å². The number of nitriles is 1. The molecular weight excluding hydrogens is 372 g/mol. The molecule has 1 aliphatic carbocycles. The van der Waals surface area contributed by atoms with Crippen LogP contribution in [0.15, 0.2) is 29.6 Å². The van der Waals surface area contributed by atoms with Crippen LogP contribution in [-0.4, -0.2) is 42.3 Å². The van der Waals surface area contributed by atoms with Gasteiger partial charge in [-0.2, -0.15) is 10.2 Å². The summed E-state index contributed by atoms with van der Waals surface area (Å²) in [5, 5.41) is 18.4. The summed E-state index contributed by atoms with van der Waals surface area (Å²) in [5.41, 5.74) is 3.32. The van der Waals surface area contributed by atoms with Gasteiger partial charge >= 0.3 is 0 Å². The molecule has 0 unspecified atom stereocenters. The highest BCUT2D eigenvalue weighted by atomic mass is 32.1. The minimum Gasteiger partial charge on any atom is -0.378 e. The van der Waals surface area contributed by atoms with E-state index in [1.807, 2.05) is 29.6 Å². The quantitative estimate of drug-likeness (QED) is 0.684. The third-order valence-corrected chi connectivity index (χ3v) is 5.86. The highest BCUT2D eigenvalue weighted by Gasteiger charge is 2.23. The summed E-state index contributed by atoms with van der Waals surface area (Å²) in [4.78, 5) is 11.5. The van der Waals surface area contributed by atoms with Crippen molar-refractivity contribution in [3.05, 3.63) is 35.2 Å². The van der Waals surface area contributed by atoms with Gasteiger partial charge < -0.3 is 20.3 Å². The molecule has 5 rings (SSSR count). The van der Waals surface area contributed by atoms with Gasteiger partial charge in [0.2, 0.25) is 5.95 Å². The van der Waals surface area contributed by atoms with Crippen molar-refractivity contribution in [2.24, 2.45) is 0 Å². The lowest BCUT2D eigenvalue weighted by Gasteiger charge is -2.29. The standard InChI is InChI=1S/C20H20N6OS/c21-12-13-11-15(3-4-17(13)26-6-8-27-9-7-26)23-20-24-16-5-10-28-18(16)19(25-20)22-14-1-2-14/h3-5,10-11,14H,1-2,6-9H2,(H2,22,23,24,25). The summed E-state index contributed by atoms with van der Waals surface area (Å²) >= 11 is 1.65. The SMILES string of the molecule is N#Cc1cc(Nc2nc(NC3CC3)c3sccc3n2)ccc1N1CCOCC1. The fourth-order valence-electron chi connectivity index (χ4n) is 3.35. The van der Waals surface area contributed by atoms with Crippen LogP contribution in [-0.2, 0) is 4.74 Å². The second-order valence-electron chi connectivity index (χ2n) is 7.02. The number of hydrogen-bond donors (Lipinski definition) is 2. The number of ether oxygens (including phenoxy) is 1. The van der Waals surface area contributed by atoms with E-state index in [4.69, 9.17) is 4.74 Å². The van der Waals surface area contributed by atoms with E-state index < -0.39 is 0 Å². The Morgan fingerprint density at radius 3 is 2.82 bits per heavy atom. The van der Waals surface area contributed by atoms with Gasteiger partial charge in [-0.15, -0.1) is 11.3 Å². The molecule has 0 amide bonds. The number of nitrogens with zero attached hydrogens (tertiary/aromatic N) is 4. The summed E-state index contributed by atoms with van der Waals surface area (Å²) in [5.74, 6) is 1.42. The van der Waals surface area contributed by atoms with Crippen molar-refractivity contribution in [1.82, 2.24) is 9.97 Å². The molecule has 7 nitrogen and oxygen atoms in total. The van der Waals surface area contributed by atoms with Crippen LogP contribution >= 0.6 is 11.3 Å². The van der Waals surface area contributed by atoms with Crippen LogP contribution in [0.4, 0.5) is 23.1 Å². The van der Waals surface area contributed by atoms with E-state index in [1.54, 1.807) is 11.3 Å². The lowest BCUT2D eigenvalue weighted by Crippen LogP contribution is -2.36. The Morgan fingerprint density at radius 1 is 1.18 bits per heavy atom. The molecule has 28 heavy (non-hydrogen) atoms. The maximum absolute atomic E-state index is 9.63. The number of nitrogens with one attached hydrogen (secondary N) is 2. The van der Waals surface area contributed by atoms with E-state index in [0.29, 0.717) is 30.8 Å². The normalized spacial score (nSPS) is 16.8. The molecule has 8 heteroatoms. The fourth-order valence-corrected chi connectivity index (χ4v) is 4.13. The first-order valence-corrected chi connectivity index (χ1v) is 10.3. The molecule has 2 aliphatic rings. The number of thiophene rings is 1. The summed E-state index contributed by atoms with van der Waals surface area (Å²) in [7, 11) is 0. The average molecular weight is 392 g/mol. The topological polar surface area (TPSA) is 86.1 Å². The molecule has 3 heterocycles. The smallest absolute Gasteiger partial charge is 0.229 e. The highest BCUT2D eigenvalue weighted by Crippen LogP contribution is 2.33. The Balaban J connectivity index is 1.43. The van der Waals surface area contributed by atoms with E-state index in [0.717, 1.165) is 40.5 Å². The molecule has 3 aromatic rings. The molecular formula is C20H20N6OS. The monoisotopic (exact) mass is 392 g/mol. The summed E-state index contributed by atoms with van der Waals surface area (Å²) in [6.07, 6.45) is 2.38. The summed E-state index contributed by atoms with van der Waals surface area (Å²) in [6, 6.07) is 10.7. The maximum Gasteiger partial charge on any atom is 0.229 e. The number of aromatic nitrogens is 2. The average Bonchev–Trinajstić information content (AvgIpc) is 3.42. The Kier molecular flexibility index (Phi) is 4.47. The highest BCUT2D eigenvalue weighted by molar-refractivity contribution is 7.17. The van der Waals surface area contributed by atoms with Crippen molar-refractivity contribution in [3.63, 3.8) is 0 Å². The Morgan fingerprint density at radius 2 is 2.04 bits per heavy atom. The molecule has 0 bridgehead atoms.